The Morgan fingerprint density at radius 3 is 2.76 bits per heavy atom. The molecule has 1 aromatic heterocycles. The van der Waals surface area contributed by atoms with Crippen molar-refractivity contribution in [2.45, 2.75) is 0 Å². The van der Waals surface area contributed by atoms with Gasteiger partial charge in [-0.2, -0.15) is 0 Å². The molecule has 0 aliphatic carbocycles. The molecule has 0 fully saturated rings. The zero-order chi connectivity index (χ0) is 12.7. The zero-order valence-electron chi connectivity index (χ0n) is 9.50. The van der Waals surface area contributed by atoms with Crippen LogP contribution in [0.15, 0.2) is 6.07 Å². The van der Waals surface area contributed by atoms with Crippen molar-refractivity contribution in [2.24, 2.45) is 0 Å². The van der Waals surface area contributed by atoms with Crippen LogP contribution in [0.3, 0.4) is 0 Å². The Balaban J connectivity index is 2.34. The molecule has 0 aliphatic heterocycles. The van der Waals surface area contributed by atoms with Crippen LogP contribution in [0.25, 0.3) is 0 Å². The van der Waals surface area contributed by atoms with Gasteiger partial charge in [0, 0.05) is 13.7 Å². The van der Waals surface area contributed by atoms with Gasteiger partial charge >= 0.3 is 0 Å². The first-order valence-electron chi connectivity index (χ1n) is 5.07. The molecule has 0 radical (unpaired) electrons. The van der Waals surface area contributed by atoms with Gasteiger partial charge in [-0.05, 0) is 6.07 Å². The van der Waals surface area contributed by atoms with E-state index in [1.165, 1.54) is 0 Å². The molecule has 3 N–H and O–H groups in total. The molecule has 0 atom stereocenters. The van der Waals surface area contributed by atoms with E-state index in [0.29, 0.717) is 42.2 Å². The van der Waals surface area contributed by atoms with Gasteiger partial charge in [0.1, 0.15) is 11.6 Å². The number of nitrogens with two attached hydrogens (primary N) is 1. The van der Waals surface area contributed by atoms with Gasteiger partial charge in [0.25, 0.3) is 0 Å². The summed E-state index contributed by atoms with van der Waals surface area (Å²) in [6, 6.07) is 1.56. The summed E-state index contributed by atoms with van der Waals surface area (Å²) in [5.74, 6) is 0.753. The summed E-state index contributed by atoms with van der Waals surface area (Å²) in [6.07, 6.45) is 0. The maximum atomic E-state index is 5.94. The van der Waals surface area contributed by atoms with Gasteiger partial charge in [-0.3, -0.25) is 0 Å². The molecule has 0 saturated carbocycles. The molecule has 17 heavy (non-hydrogen) atoms. The van der Waals surface area contributed by atoms with Crippen LogP contribution >= 0.6 is 23.2 Å². The lowest BCUT2D eigenvalue weighted by molar-refractivity contribution is 0.0759. The van der Waals surface area contributed by atoms with Crippen molar-refractivity contribution in [2.75, 3.05) is 44.5 Å². The van der Waals surface area contributed by atoms with E-state index in [2.05, 4.69) is 10.3 Å². The van der Waals surface area contributed by atoms with Crippen LogP contribution in [0.4, 0.5) is 11.6 Å². The maximum Gasteiger partial charge on any atom is 0.147 e. The molecule has 0 bridgehead atoms. The Morgan fingerprint density at radius 2 is 2.06 bits per heavy atom. The van der Waals surface area contributed by atoms with E-state index in [1.807, 2.05) is 0 Å². The molecular weight excluding hydrogens is 265 g/mol. The molecule has 5 nitrogen and oxygen atoms in total. The lowest BCUT2D eigenvalue weighted by Gasteiger charge is -2.09. The summed E-state index contributed by atoms with van der Waals surface area (Å²) in [5.41, 5.74) is 5.57. The number of hydrogen-bond acceptors (Lipinski definition) is 5. The van der Waals surface area contributed by atoms with Gasteiger partial charge in [0.05, 0.1) is 29.9 Å². The minimum Gasteiger partial charge on any atom is -0.382 e. The molecule has 1 rings (SSSR count). The van der Waals surface area contributed by atoms with Gasteiger partial charge in [0.2, 0.25) is 0 Å². The molecule has 0 aromatic carbocycles. The van der Waals surface area contributed by atoms with Crippen LogP contribution in [0.5, 0.6) is 0 Å². The predicted molar refractivity (Wildman–Crippen MR) is 69.9 cm³/mol. The molecule has 0 aliphatic rings. The molecule has 96 valence electrons. The standard InChI is InChI=1S/C10H15Cl2N3O2/c1-16-4-5-17-3-2-14-10-8(12)6-7(11)9(13)15-10/h6H,2-5H2,1H3,(H3,13,14,15). The number of rotatable bonds is 7. The zero-order valence-corrected chi connectivity index (χ0v) is 11.0. The van der Waals surface area contributed by atoms with Gasteiger partial charge in [0.15, 0.2) is 0 Å². The number of nitrogen functional groups attached to an aromatic ring is 1. The SMILES string of the molecule is COCCOCCNc1nc(N)c(Cl)cc1Cl. The average molecular weight is 280 g/mol. The number of anilines is 2. The van der Waals surface area contributed by atoms with Crippen LogP contribution in [-0.2, 0) is 9.47 Å². The van der Waals surface area contributed by atoms with Crippen LogP contribution in [-0.4, -0.2) is 38.5 Å². The van der Waals surface area contributed by atoms with E-state index in [-0.39, 0.29) is 5.82 Å². The number of pyridine rings is 1. The fourth-order valence-electron chi connectivity index (χ4n) is 1.09. The first-order valence-corrected chi connectivity index (χ1v) is 5.82. The lowest BCUT2D eigenvalue weighted by atomic mass is 10.4. The summed E-state index contributed by atoms with van der Waals surface area (Å²) >= 11 is 11.7. The second-order valence-corrected chi connectivity index (χ2v) is 4.03. The molecule has 7 heteroatoms. The van der Waals surface area contributed by atoms with Crippen LogP contribution in [0.2, 0.25) is 10.0 Å². The molecular formula is C10H15Cl2N3O2. The Morgan fingerprint density at radius 1 is 1.29 bits per heavy atom. The second-order valence-electron chi connectivity index (χ2n) is 3.22. The number of ether oxygens (including phenoxy) is 2. The third-order valence-corrected chi connectivity index (χ3v) is 2.52. The highest BCUT2D eigenvalue weighted by atomic mass is 35.5. The van der Waals surface area contributed by atoms with Crippen molar-refractivity contribution in [1.29, 1.82) is 0 Å². The number of aromatic nitrogens is 1. The summed E-state index contributed by atoms with van der Waals surface area (Å²) in [7, 11) is 1.63. The summed E-state index contributed by atoms with van der Waals surface area (Å²) < 4.78 is 10.1. The average Bonchev–Trinajstić information content (AvgIpc) is 2.30. The van der Waals surface area contributed by atoms with E-state index < -0.39 is 0 Å². The highest BCUT2D eigenvalue weighted by molar-refractivity contribution is 6.37. The quantitative estimate of drug-likeness (QED) is 0.748. The second kappa shape index (κ2) is 7.55. The van der Waals surface area contributed by atoms with E-state index in [4.69, 9.17) is 38.4 Å². The minimum absolute atomic E-state index is 0.249. The largest absolute Gasteiger partial charge is 0.382 e. The van der Waals surface area contributed by atoms with Gasteiger partial charge < -0.3 is 20.5 Å². The van der Waals surface area contributed by atoms with Crippen molar-refractivity contribution in [3.63, 3.8) is 0 Å². The van der Waals surface area contributed by atoms with Crippen molar-refractivity contribution >= 4 is 34.8 Å². The van der Waals surface area contributed by atoms with Gasteiger partial charge in [-0.15, -0.1) is 0 Å². The smallest absolute Gasteiger partial charge is 0.147 e. The van der Waals surface area contributed by atoms with E-state index >= 15 is 0 Å². The third kappa shape index (κ3) is 4.95. The molecule has 0 saturated heterocycles. The Kier molecular flexibility index (Phi) is 6.36. The van der Waals surface area contributed by atoms with Crippen LogP contribution in [0, 0.1) is 0 Å². The van der Waals surface area contributed by atoms with E-state index in [9.17, 15) is 0 Å². The number of nitrogens with zero attached hydrogens (tertiary/aromatic N) is 1. The lowest BCUT2D eigenvalue weighted by Crippen LogP contribution is -2.13. The van der Waals surface area contributed by atoms with Crippen molar-refractivity contribution in [3.8, 4) is 0 Å². The topological polar surface area (TPSA) is 69.4 Å². The Hall–Kier alpha value is -0.750. The molecule has 0 amide bonds. The van der Waals surface area contributed by atoms with E-state index in [0.717, 1.165) is 0 Å². The number of nitrogens with one attached hydrogen (secondary N) is 1. The number of halogens is 2. The highest BCUT2D eigenvalue weighted by Crippen LogP contribution is 2.26. The highest BCUT2D eigenvalue weighted by Gasteiger charge is 2.06. The fourth-order valence-corrected chi connectivity index (χ4v) is 1.52. The Bertz CT molecular complexity index is 364. The van der Waals surface area contributed by atoms with Crippen molar-refractivity contribution in [3.05, 3.63) is 16.1 Å². The number of hydrogen-bond donors (Lipinski definition) is 2. The summed E-state index contributed by atoms with van der Waals surface area (Å²) in [4.78, 5) is 4.03. The van der Waals surface area contributed by atoms with E-state index in [1.54, 1.807) is 13.2 Å². The van der Waals surface area contributed by atoms with Crippen molar-refractivity contribution < 1.29 is 9.47 Å². The molecule has 1 heterocycles. The minimum atomic E-state index is 0.249. The summed E-state index contributed by atoms with van der Waals surface area (Å²) in [5, 5.41) is 3.79. The van der Waals surface area contributed by atoms with Gasteiger partial charge in [-0.1, -0.05) is 23.2 Å². The fraction of sp³-hybridized carbons (Fsp3) is 0.500. The number of methoxy groups -OCH3 is 1. The third-order valence-electron chi connectivity index (χ3n) is 1.93. The monoisotopic (exact) mass is 279 g/mol. The van der Waals surface area contributed by atoms with Gasteiger partial charge in [-0.25, -0.2) is 4.98 Å². The normalized spacial score (nSPS) is 10.5. The Labute approximate surface area is 110 Å². The first-order chi connectivity index (χ1) is 8.15. The first kappa shape index (κ1) is 14.3. The van der Waals surface area contributed by atoms with Crippen LogP contribution < -0.4 is 11.1 Å². The summed E-state index contributed by atoms with van der Waals surface area (Å²) in [6.45, 7) is 2.25. The van der Waals surface area contributed by atoms with Crippen molar-refractivity contribution in [1.82, 2.24) is 4.98 Å². The molecule has 1 aromatic rings. The molecule has 0 unspecified atom stereocenters. The van der Waals surface area contributed by atoms with Crippen LogP contribution in [0.1, 0.15) is 0 Å². The molecule has 0 spiro atoms. The predicted octanol–water partition coefficient (Wildman–Crippen LogP) is 2.05. The maximum absolute atomic E-state index is 5.94.